The van der Waals surface area contributed by atoms with E-state index in [1.54, 1.807) is 0 Å². The lowest BCUT2D eigenvalue weighted by molar-refractivity contribution is -0.118. The molecule has 1 aliphatic rings. The van der Waals surface area contributed by atoms with Gasteiger partial charge in [0.25, 0.3) is 0 Å². The van der Waals surface area contributed by atoms with Crippen LogP contribution >= 0.6 is 0 Å². The smallest absolute Gasteiger partial charge is 0.227 e. The Morgan fingerprint density at radius 3 is 2.95 bits per heavy atom. The molecule has 3 nitrogen and oxygen atoms in total. The van der Waals surface area contributed by atoms with Crippen molar-refractivity contribution in [1.29, 1.82) is 0 Å². The highest BCUT2D eigenvalue weighted by atomic mass is 16.2. The maximum Gasteiger partial charge on any atom is 0.227 e. The molecular weight excluding hydrogens is 236 g/mol. The van der Waals surface area contributed by atoms with E-state index in [4.69, 9.17) is 0 Å². The summed E-state index contributed by atoms with van der Waals surface area (Å²) in [6.07, 6.45) is 6.30. The van der Waals surface area contributed by atoms with Gasteiger partial charge in [0.15, 0.2) is 0 Å². The predicted octanol–water partition coefficient (Wildman–Crippen LogP) is 3.81. The van der Waals surface area contributed by atoms with Gasteiger partial charge in [-0.1, -0.05) is 38.3 Å². The summed E-state index contributed by atoms with van der Waals surface area (Å²) in [6.45, 7) is 3.96. The van der Waals surface area contributed by atoms with Crippen LogP contribution in [0, 0.1) is 0 Å². The maximum absolute atomic E-state index is 12.4. The van der Waals surface area contributed by atoms with Crippen LogP contribution in [0.25, 0.3) is 0 Å². The molecule has 0 aromatic heterocycles. The van der Waals surface area contributed by atoms with Crippen molar-refractivity contribution in [3.8, 4) is 0 Å². The quantitative estimate of drug-likeness (QED) is 0.817. The highest BCUT2D eigenvalue weighted by Gasteiger charge is 2.19. The van der Waals surface area contributed by atoms with Gasteiger partial charge in [0, 0.05) is 19.5 Å². The minimum Gasteiger partial charge on any atom is -0.383 e. The van der Waals surface area contributed by atoms with Crippen LogP contribution in [-0.2, 0) is 4.79 Å². The van der Waals surface area contributed by atoms with Crippen molar-refractivity contribution in [3.05, 3.63) is 24.3 Å². The van der Waals surface area contributed by atoms with Crippen LogP contribution in [0.2, 0.25) is 0 Å². The second-order valence-corrected chi connectivity index (χ2v) is 5.15. The Balaban J connectivity index is 2.00. The second kappa shape index (κ2) is 7.17. The fourth-order valence-electron chi connectivity index (χ4n) is 2.54. The van der Waals surface area contributed by atoms with Gasteiger partial charge < -0.3 is 10.2 Å². The summed E-state index contributed by atoms with van der Waals surface area (Å²) in [6, 6.07) is 8.11. The van der Waals surface area contributed by atoms with E-state index in [0.717, 1.165) is 43.7 Å². The van der Waals surface area contributed by atoms with Crippen LogP contribution in [0.4, 0.5) is 11.4 Å². The highest BCUT2D eigenvalue weighted by Crippen LogP contribution is 2.28. The number of fused-ring (bicyclic) bond motifs is 1. The summed E-state index contributed by atoms with van der Waals surface area (Å²) in [5.41, 5.74) is 2.13. The number of nitrogens with zero attached hydrogens (tertiary/aromatic N) is 1. The van der Waals surface area contributed by atoms with Crippen molar-refractivity contribution in [2.24, 2.45) is 0 Å². The zero-order chi connectivity index (χ0) is 13.5. The Kier molecular flexibility index (Phi) is 5.25. The van der Waals surface area contributed by atoms with Gasteiger partial charge in [0.05, 0.1) is 11.4 Å². The number of anilines is 2. The lowest BCUT2D eigenvalue weighted by atomic mass is 10.1. The molecule has 1 aromatic rings. The number of nitrogens with one attached hydrogen (secondary N) is 1. The van der Waals surface area contributed by atoms with E-state index in [2.05, 4.69) is 18.3 Å². The van der Waals surface area contributed by atoms with Gasteiger partial charge in [0.2, 0.25) is 5.91 Å². The average molecular weight is 260 g/mol. The van der Waals surface area contributed by atoms with Gasteiger partial charge in [-0.3, -0.25) is 4.79 Å². The second-order valence-electron chi connectivity index (χ2n) is 5.15. The largest absolute Gasteiger partial charge is 0.383 e. The first kappa shape index (κ1) is 13.9. The van der Waals surface area contributed by atoms with Crippen molar-refractivity contribution in [2.75, 3.05) is 23.3 Å². The SMILES string of the molecule is CCCCCCC(=O)N1CCCNc2ccccc21. The summed E-state index contributed by atoms with van der Waals surface area (Å²) in [5.74, 6) is 0.271. The minimum atomic E-state index is 0.271. The number of benzene rings is 1. The molecule has 1 aliphatic heterocycles. The molecule has 0 bridgehead atoms. The van der Waals surface area contributed by atoms with Crippen LogP contribution in [0.3, 0.4) is 0 Å². The fourth-order valence-corrected chi connectivity index (χ4v) is 2.54. The minimum absolute atomic E-state index is 0.271. The monoisotopic (exact) mass is 260 g/mol. The Hall–Kier alpha value is -1.51. The summed E-state index contributed by atoms with van der Waals surface area (Å²) < 4.78 is 0. The molecule has 0 saturated carbocycles. The first-order chi connectivity index (χ1) is 9.33. The number of carbonyl (C=O) groups is 1. The van der Waals surface area contributed by atoms with Crippen LogP contribution in [0.1, 0.15) is 45.4 Å². The van der Waals surface area contributed by atoms with Crippen LogP contribution in [-0.4, -0.2) is 19.0 Å². The summed E-state index contributed by atoms with van der Waals surface area (Å²) in [4.78, 5) is 14.3. The van der Waals surface area contributed by atoms with Gasteiger partial charge in [-0.25, -0.2) is 0 Å². The number of hydrogen-bond donors (Lipinski definition) is 1. The molecule has 0 spiro atoms. The molecule has 0 unspecified atom stereocenters. The highest BCUT2D eigenvalue weighted by molar-refractivity contribution is 5.96. The van der Waals surface area contributed by atoms with Crippen LogP contribution < -0.4 is 10.2 Å². The molecule has 104 valence electrons. The molecule has 3 heteroatoms. The van der Waals surface area contributed by atoms with E-state index in [-0.39, 0.29) is 5.91 Å². The number of hydrogen-bond acceptors (Lipinski definition) is 2. The molecule has 1 amide bonds. The summed E-state index contributed by atoms with van der Waals surface area (Å²) in [5, 5.41) is 3.39. The van der Waals surface area contributed by atoms with Crippen molar-refractivity contribution in [3.63, 3.8) is 0 Å². The molecule has 0 atom stereocenters. The number of carbonyl (C=O) groups excluding carboxylic acids is 1. The topological polar surface area (TPSA) is 32.3 Å². The fraction of sp³-hybridized carbons (Fsp3) is 0.562. The van der Waals surface area contributed by atoms with E-state index < -0.39 is 0 Å². The van der Waals surface area contributed by atoms with Crippen molar-refractivity contribution in [1.82, 2.24) is 0 Å². The van der Waals surface area contributed by atoms with Crippen molar-refractivity contribution >= 4 is 17.3 Å². The Labute approximate surface area is 116 Å². The van der Waals surface area contributed by atoms with E-state index in [1.807, 2.05) is 23.1 Å². The Bertz CT molecular complexity index is 417. The Morgan fingerprint density at radius 1 is 1.26 bits per heavy atom. The van der Waals surface area contributed by atoms with E-state index in [1.165, 1.54) is 12.8 Å². The third-order valence-corrected chi connectivity index (χ3v) is 3.61. The molecule has 2 rings (SSSR count). The van der Waals surface area contributed by atoms with Crippen molar-refractivity contribution in [2.45, 2.75) is 45.4 Å². The Morgan fingerprint density at radius 2 is 2.11 bits per heavy atom. The summed E-state index contributed by atoms with van der Waals surface area (Å²) in [7, 11) is 0. The van der Waals surface area contributed by atoms with Gasteiger partial charge in [0.1, 0.15) is 0 Å². The first-order valence-electron chi connectivity index (χ1n) is 7.46. The molecule has 1 aromatic carbocycles. The first-order valence-corrected chi connectivity index (χ1v) is 7.46. The zero-order valence-corrected chi connectivity index (χ0v) is 11.8. The number of para-hydroxylation sites is 2. The molecule has 1 heterocycles. The lowest BCUT2D eigenvalue weighted by Crippen LogP contribution is -2.31. The molecule has 0 radical (unpaired) electrons. The van der Waals surface area contributed by atoms with E-state index in [9.17, 15) is 4.79 Å². The summed E-state index contributed by atoms with van der Waals surface area (Å²) >= 11 is 0. The standard InChI is InChI=1S/C16H24N2O/c1-2-3-4-5-11-16(19)18-13-8-12-17-14-9-6-7-10-15(14)18/h6-7,9-10,17H,2-5,8,11-13H2,1H3. The third kappa shape index (κ3) is 3.72. The average Bonchev–Trinajstić information content (AvgIpc) is 2.66. The zero-order valence-electron chi connectivity index (χ0n) is 11.8. The molecule has 0 fully saturated rings. The van der Waals surface area contributed by atoms with Gasteiger partial charge in [-0.2, -0.15) is 0 Å². The maximum atomic E-state index is 12.4. The van der Waals surface area contributed by atoms with E-state index in [0.29, 0.717) is 6.42 Å². The van der Waals surface area contributed by atoms with Gasteiger partial charge in [-0.15, -0.1) is 0 Å². The van der Waals surface area contributed by atoms with Gasteiger partial charge >= 0.3 is 0 Å². The molecular formula is C16H24N2O. The predicted molar refractivity (Wildman–Crippen MR) is 80.7 cm³/mol. The third-order valence-electron chi connectivity index (χ3n) is 3.61. The van der Waals surface area contributed by atoms with Crippen LogP contribution in [0.15, 0.2) is 24.3 Å². The molecule has 1 N–H and O–H groups in total. The lowest BCUT2D eigenvalue weighted by Gasteiger charge is -2.22. The molecule has 19 heavy (non-hydrogen) atoms. The molecule has 0 aliphatic carbocycles. The molecule has 0 saturated heterocycles. The number of unbranched alkanes of at least 4 members (excludes halogenated alkanes) is 3. The normalized spacial score (nSPS) is 14.5. The number of amides is 1. The van der Waals surface area contributed by atoms with Crippen molar-refractivity contribution < 1.29 is 4.79 Å². The van der Waals surface area contributed by atoms with E-state index >= 15 is 0 Å². The number of rotatable bonds is 5. The van der Waals surface area contributed by atoms with Gasteiger partial charge in [-0.05, 0) is 25.0 Å². The van der Waals surface area contributed by atoms with Crippen LogP contribution in [0.5, 0.6) is 0 Å².